The predicted molar refractivity (Wildman–Crippen MR) is 199 cm³/mol. The Bertz CT molecular complexity index is 2280. The van der Waals surface area contributed by atoms with Gasteiger partial charge in [-0.3, -0.25) is 19.0 Å². The van der Waals surface area contributed by atoms with Crippen LogP contribution in [0, 0.1) is 0 Å². The van der Waals surface area contributed by atoms with E-state index in [1.54, 1.807) is 23.9 Å². The first-order valence-electron chi connectivity index (χ1n) is 16.4. The van der Waals surface area contributed by atoms with Gasteiger partial charge in [0.25, 0.3) is 5.91 Å². The van der Waals surface area contributed by atoms with E-state index in [9.17, 15) is 22.8 Å². The molecule has 2 aromatic heterocycles. The number of nitrogens with zero attached hydrogens (tertiary/aromatic N) is 3. The van der Waals surface area contributed by atoms with E-state index in [2.05, 4.69) is 61.1 Å². The molecule has 0 bridgehead atoms. The van der Waals surface area contributed by atoms with E-state index < -0.39 is 45.5 Å². The van der Waals surface area contributed by atoms with E-state index in [0.29, 0.717) is 23.4 Å². The molecule has 6 rings (SSSR count). The molecule has 0 aliphatic carbocycles. The van der Waals surface area contributed by atoms with Crippen LogP contribution in [0.2, 0.25) is 0 Å². The number of imidazole rings is 1. The third kappa shape index (κ3) is 7.22. The van der Waals surface area contributed by atoms with Crippen molar-refractivity contribution in [2.24, 2.45) is 7.05 Å². The Labute approximate surface area is 301 Å². The van der Waals surface area contributed by atoms with Gasteiger partial charge in [-0.15, -0.1) is 0 Å². The first-order valence-corrected chi connectivity index (χ1v) is 18.3. The third-order valence-electron chi connectivity index (χ3n) is 8.83. The number of hydrogen-bond donors (Lipinski definition) is 3. The molecule has 52 heavy (non-hydrogen) atoms. The smallest absolute Gasteiger partial charge is 0.325 e. The van der Waals surface area contributed by atoms with Crippen molar-refractivity contribution in [3.63, 3.8) is 0 Å². The number of hydrogen-bond acceptors (Lipinski definition) is 8. The van der Waals surface area contributed by atoms with Crippen LogP contribution in [-0.2, 0) is 38.7 Å². The van der Waals surface area contributed by atoms with Gasteiger partial charge in [-0.2, -0.15) is 4.72 Å². The Morgan fingerprint density at radius 1 is 0.885 bits per heavy atom. The fourth-order valence-electron chi connectivity index (χ4n) is 6.50. The van der Waals surface area contributed by atoms with Crippen molar-refractivity contribution in [2.45, 2.75) is 18.1 Å². The second kappa shape index (κ2) is 15.1. The Kier molecular flexibility index (Phi) is 10.4. The van der Waals surface area contributed by atoms with Gasteiger partial charge in [0.15, 0.2) is 0 Å². The van der Waals surface area contributed by atoms with Crippen LogP contribution in [0.15, 0.2) is 133 Å². The molecular formula is C39H38N6O6S. The van der Waals surface area contributed by atoms with Gasteiger partial charge in [0.05, 0.1) is 18.9 Å². The van der Waals surface area contributed by atoms with Gasteiger partial charge in [-0.1, -0.05) is 97.1 Å². The standard InChI is InChI=1S/C39H38N6O6S/c1-44-26-32(36(47)41-25-33(37(48)51-2)43-52(3,49)50)35(46)31-20-19-27(23-34(31)44)24-42-38-40-21-22-45(38)39(28-13-7-4-8-14-28,29-15-9-5-10-16-29)30-17-11-6-12-18-30/h4-23,26,33,43H,24-25H2,1-3H3,(H,40,42)(H,41,47)/t33-/m0/s1. The van der Waals surface area contributed by atoms with Crippen LogP contribution in [0.3, 0.4) is 0 Å². The number of benzene rings is 4. The van der Waals surface area contributed by atoms with Gasteiger partial charge in [-0.05, 0) is 34.4 Å². The number of rotatable bonds is 13. The zero-order valence-corrected chi connectivity index (χ0v) is 29.6. The number of pyridine rings is 1. The lowest BCUT2D eigenvalue weighted by atomic mass is 9.76. The van der Waals surface area contributed by atoms with E-state index in [1.165, 1.54) is 6.20 Å². The molecule has 0 spiro atoms. The largest absolute Gasteiger partial charge is 0.468 e. The molecule has 0 aliphatic rings. The third-order valence-corrected chi connectivity index (χ3v) is 9.55. The molecule has 6 aromatic rings. The minimum atomic E-state index is -3.78. The van der Waals surface area contributed by atoms with Crippen LogP contribution in [0.4, 0.5) is 5.95 Å². The molecule has 0 fully saturated rings. The quantitative estimate of drug-likeness (QED) is 0.120. The molecule has 266 valence electrons. The normalized spacial score (nSPS) is 12.3. The molecule has 0 aliphatic heterocycles. The van der Waals surface area contributed by atoms with Crippen LogP contribution < -0.4 is 20.8 Å². The number of amides is 1. The van der Waals surface area contributed by atoms with Crippen molar-refractivity contribution in [1.82, 2.24) is 24.2 Å². The minimum Gasteiger partial charge on any atom is -0.468 e. The van der Waals surface area contributed by atoms with Crippen molar-refractivity contribution < 1.29 is 22.7 Å². The monoisotopic (exact) mass is 718 g/mol. The zero-order valence-electron chi connectivity index (χ0n) is 28.8. The molecule has 2 heterocycles. The summed E-state index contributed by atoms with van der Waals surface area (Å²) in [6.45, 7) is -0.0413. The number of carbonyl (C=O) groups excluding carboxylic acids is 2. The Morgan fingerprint density at radius 2 is 1.46 bits per heavy atom. The molecule has 0 unspecified atom stereocenters. The van der Waals surface area contributed by atoms with Gasteiger partial charge >= 0.3 is 5.97 Å². The van der Waals surface area contributed by atoms with Gasteiger partial charge < -0.3 is 19.9 Å². The van der Waals surface area contributed by atoms with Crippen LogP contribution in [0.1, 0.15) is 32.6 Å². The van der Waals surface area contributed by atoms with Crippen LogP contribution in [0.25, 0.3) is 10.9 Å². The van der Waals surface area contributed by atoms with E-state index >= 15 is 0 Å². The lowest BCUT2D eigenvalue weighted by molar-refractivity contribution is -0.142. The number of carbonyl (C=O) groups is 2. The van der Waals surface area contributed by atoms with Gasteiger partial charge in [0, 0.05) is 44.1 Å². The van der Waals surface area contributed by atoms with Crippen LogP contribution in [-0.4, -0.2) is 60.4 Å². The first-order chi connectivity index (χ1) is 25.0. The lowest BCUT2D eigenvalue weighted by Crippen LogP contribution is -2.49. The number of nitrogens with one attached hydrogen (secondary N) is 3. The van der Waals surface area contributed by atoms with Crippen LogP contribution >= 0.6 is 0 Å². The molecule has 13 heteroatoms. The number of methoxy groups -OCH3 is 1. The summed E-state index contributed by atoms with van der Waals surface area (Å²) in [6.07, 6.45) is 6.04. The fourth-order valence-corrected chi connectivity index (χ4v) is 7.20. The molecule has 0 saturated heterocycles. The van der Waals surface area contributed by atoms with Gasteiger partial charge in [0.1, 0.15) is 17.1 Å². The number of sulfonamides is 1. The van der Waals surface area contributed by atoms with E-state index in [-0.39, 0.29) is 5.56 Å². The zero-order chi connectivity index (χ0) is 36.9. The highest BCUT2D eigenvalue weighted by Crippen LogP contribution is 2.42. The maximum atomic E-state index is 13.5. The molecule has 0 saturated carbocycles. The average Bonchev–Trinajstić information content (AvgIpc) is 3.63. The average molecular weight is 719 g/mol. The number of anilines is 1. The number of ether oxygens (including phenoxy) is 1. The first kappa shape index (κ1) is 35.8. The van der Waals surface area contributed by atoms with Crippen LogP contribution in [0.5, 0.6) is 0 Å². The predicted octanol–water partition coefficient (Wildman–Crippen LogP) is 4.01. The number of aromatic nitrogens is 3. The van der Waals surface area contributed by atoms with Crippen molar-refractivity contribution >= 4 is 38.8 Å². The maximum Gasteiger partial charge on any atom is 0.325 e. The highest BCUT2D eigenvalue weighted by atomic mass is 32.2. The SMILES string of the molecule is COC(=O)[C@H](CNC(=O)c1cn(C)c2cc(CNc3nccn3C(c3ccccc3)(c3ccccc3)c3ccccc3)ccc2c1=O)NS(C)(=O)=O. The van der Waals surface area contributed by atoms with Crippen molar-refractivity contribution in [1.29, 1.82) is 0 Å². The number of aryl methyl sites for hydroxylation is 1. The Hall–Kier alpha value is -6.05. The summed E-state index contributed by atoms with van der Waals surface area (Å²) in [5, 5.41) is 6.31. The summed E-state index contributed by atoms with van der Waals surface area (Å²) in [4.78, 5) is 43.4. The second-order valence-corrected chi connectivity index (χ2v) is 14.1. The summed E-state index contributed by atoms with van der Waals surface area (Å²) in [5.41, 5.74) is 3.21. The molecular weight excluding hydrogens is 681 g/mol. The highest BCUT2D eigenvalue weighted by Gasteiger charge is 2.39. The molecule has 1 atom stereocenters. The minimum absolute atomic E-state index is 0.162. The second-order valence-electron chi connectivity index (χ2n) is 12.3. The molecule has 12 nitrogen and oxygen atoms in total. The molecule has 3 N–H and O–H groups in total. The summed E-state index contributed by atoms with van der Waals surface area (Å²) in [6, 6.07) is 34.9. The molecule has 4 aromatic carbocycles. The Balaban J connectivity index is 1.30. The van der Waals surface area contributed by atoms with E-state index in [0.717, 1.165) is 35.6 Å². The fraction of sp³-hybridized carbons (Fsp3) is 0.179. The van der Waals surface area contributed by atoms with Gasteiger partial charge in [0.2, 0.25) is 21.4 Å². The summed E-state index contributed by atoms with van der Waals surface area (Å²) in [7, 11) is -0.961. The lowest BCUT2D eigenvalue weighted by Gasteiger charge is -2.38. The number of esters is 1. The summed E-state index contributed by atoms with van der Waals surface area (Å²) in [5.74, 6) is -1.01. The summed E-state index contributed by atoms with van der Waals surface area (Å²) < 4.78 is 34.0. The molecule has 1 amide bonds. The number of fused-ring (bicyclic) bond motifs is 1. The maximum absolute atomic E-state index is 13.5. The Morgan fingerprint density at radius 3 is 2.00 bits per heavy atom. The highest BCUT2D eigenvalue weighted by molar-refractivity contribution is 7.88. The van der Waals surface area contributed by atoms with Crippen molar-refractivity contribution in [3.05, 3.63) is 166 Å². The van der Waals surface area contributed by atoms with E-state index in [4.69, 9.17) is 4.98 Å². The van der Waals surface area contributed by atoms with E-state index in [1.807, 2.05) is 72.9 Å². The van der Waals surface area contributed by atoms with Crippen molar-refractivity contribution in [2.75, 3.05) is 25.2 Å². The molecule has 0 radical (unpaired) electrons. The topological polar surface area (TPSA) is 153 Å². The summed E-state index contributed by atoms with van der Waals surface area (Å²) >= 11 is 0. The van der Waals surface area contributed by atoms with Crippen molar-refractivity contribution in [3.8, 4) is 0 Å². The van der Waals surface area contributed by atoms with Gasteiger partial charge in [-0.25, -0.2) is 13.4 Å².